The number of nitrogens with two attached hydrogens (primary N) is 1. The highest BCUT2D eigenvalue weighted by Crippen LogP contribution is 2.23. The Bertz CT molecular complexity index is 139. The van der Waals surface area contributed by atoms with Gasteiger partial charge in [-0.3, -0.25) is 0 Å². The molecule has 1 fully saturated rings. The zero-order valence-electron chi connectivity index (χ0n) is 8.47. The Hall–Kier alpha value is -0.0800. The summed E-state index contributed by atoms with van der Waals surface area (Å²) in [4.78, 5) is 0. The fraction of sp³-hybridized carbons (Fsp3) is 1.00. The SMILES string of the molecule is CC(C)(C)O[C@@H]1CCC[C@H](N)C1. The minimum atomic E-state index is -0.0122. The van der Waals surface area contributed by atoms with Crippen molar-refractivity contribution in [2.45, 2.75) is 64.2 Å². The molecular formula is C10H21NO. The summed E-state index contributed by atoms with van der Waals surface area (Å²) in [7, 11) is 0. The van der Waals surface area contributed by atoms with Crippen LogP contribution in [0.15, 0.2) is 0 Å². The number of ether oxygens (including phenoxy) is 1. The summed E-state index contributed by atoms with van der Waals surface area (Å²) in [6.45, 7) is 6.31. The highest BCUT2D eigenvalue weighted by Gasteiger charge is 2.24. The third-order valence-corrected chi connectivity index (χ3v) is 2.19. The van der Waals surface area contributed by atoms with Crippen LogP contribution in [0.5, 0.6) is 0 Å². The maximum absolute atomic E-state index is 5.87. The zero-order chi connectivity index (χ0) is 9.19. The first-order chi connectivity index (χ1) is 5.47. The smallest absolute Gasteiger partial charge is 0.0602 e. The van der Waals surface area contributed by atoms with Gasteiger partial charge in [0.25, 0.3) is 0 Å². The third-order valence-electron chi connectivity index (χ3n) is 2.19. The minimum absolute atomic E-state index is 0.0122. The minimum Gasteiger partial charge on any atom is -0.373 e. The molecule has 0 aliphatic heterocycles. The monoisotopic (exact) mass is 171 g/mol. The first-order valence-corrected chi connectivity index (χ1v) is 4.91. The predicted octanol–water partition coefficient (Wildman–Crippen LogP) is 2.07. The molecule has 0 amide bonds. The van der Waals surface area contributed by atoms with E-state index in [-0.39, 0.29) is 5.60 Å². The number of rotatable bonds is 1. The van der Waals surface area contributed by atoms with Crippen molar-refractivity contribution in [2.75, 3.05) is 0 Å². The molecular weight excluding hydrogens is 150 g/mol. The van der Waals surface area contributed by atoms with E-state index in [0.717, 1.165) is 6.42 Å². The molecule has 12 heavy (non-hydrogen) atoms. The van der Waals surface area contributed by atoms with Crippen LogP contribution in [0.4, 0.5) is 0 Å². The Kier molecular flexibility index (Phi) is 3.13. The molecule has 2 N–H and O–H groups in total. The van der Waals surface area contributed by atoms with Crippen LogP contribution in [-0.4, -0.2) is 17.7 Å². The molecule has 0 aromatic carbocycles. The molecule has 0 aromatic rings. The van der Waals surface area contributed by atoms with E-state index >= 15 is 0 Å². The van der Waals surface area contributed by atoms with Crippen molar-refractivity contribution in [3.63, 3.8) is 0 Å². The zero-order valence-corrected chi connectivity index (χ0v) is 8.47. The van der Waals surface area contributed by atoms with Crippen molar-refractivity contribution in [2.24, 2.45) is 5.73 Å². The van der Waals surface area contributed by atoms with Gasteiger partial charge in [-0.15, -0.1) is 0 Å². The second kappa shape index (κ2) is 3.75. The van der Waals surface area contributed by atoms with Crippen molar-refractivity contribution in [1.29, 1.82) is 0 Å². The van der Waals surface area contributed by atoms with E-state index in [2.05, 4.69) is 20.8 Å². The summed E-state index contributed by atoms with van der Waals surface area (Å²) >= 11 is 0. The van der Waals surface area contributed by atoms with Crippen molar-refractivity contribution in [1.82, 2.24) is 0 Å². The molecule has 0 heterocycles. The van der Waals surface area contributed by atoms with E-state index in [1.54, 1.807) is 0 Å². The summed E-state index contributed by atoms with van der Waals surface area (Å²) in [5.41, 5.74) is 5.85. The maximum atomic E-state index is 5.87. The van der Waals surface area contributed by atoms with E-state index in [4.69, 9.17) is 10.5 Å². The number of hydrogen-bond donors (Lipinski definition) is 1. The lowest BCUT2D eigenvalue weighted by Crippen LogP contribution is -2.36. The Morgan fingerprint density at radius 3 is 2.42 bits per heavy atom. The predicted molar refractivity (Wildman–Crippen MR) is 51.1 cm³/mol. The van der Waals surface area contributed by atoms with E-state index in [1.165, 1.54) is 19.3 Å². The third kappa shape index (κ3) is 3.55. The molecule has 2 nitrogen and oxygen atoms in total. The average molecular weight is 171 g/mol. The van der Waals surface area contributed by atoms with Gasteiger partial charge in [-0.1, -0.05) is 0 Å². The van der Waals surface area contributed by atoms with E-state index < -0.39 is 0 Å². The molecule has 72 valence electrons. The van der Waals surface area contributed by atoms with Crippen molar-refractivity contribution in [3.8, 4) is 0 Å². The molecule has 1 rings (SSSR count). The molecule has 0 bridgehead atoms. The average Bonchev–Trinajstić information content (AvgIpc) is 1.82. The van der Waals surface area contributed by atoms with Gasteiger partial charge in [0.1, 0.15) is 0 Å². The van der Waals surface area contributed by atoms with Gasteiger partial charge in [0.15, 0.2) is 0 Å². The van der Waals surface area contributed by atoms with Crippen LogP contribution < -0.4 is 5.73 Å². The molecule has 0 aromatic heterocycles. The molecule has 1 aliphatic rings. The highest BCUT2D eigenvalue weighted by atomic mass is 16.5. The lowest BCUT2D eigenvalue weighted by atomic mass is 9.93. The van der Waals surface area contributed by atoms with Gasteiger partial charge in [0.2, 0.25) is 0 Å². The van der Waals surface area contributed by atoms with Gasteiger partial charge < -0.3 is 10.5 Å². The molecule has 0 radical (unpaired) electrons. The van der Waals surface area contributed by atoms with Crippen molar-refractivity contribution >= 4 is 0 Å². The van der Waals surface area contributed by atoms with Crippen LogP contribution in [0.25, 0.3) is 0 Å². The molecule has 0 spiro atoms. The Morgan fingerprint density at radius 2 is 1.92 bits per heavy atom. The van der Waals surface area contributed by atoms with Gasteiger partial charge in [0.05, 0.1) is 11.7 Å². The largest absolute Gasteiger partial charge is 0.373 e. The summed E-state index contributed by atoms with van der Waals surface area (Å²) in [5.74, 6) is 0. The van der Waals surface area contributed by atoms with Gasteiger partial charge in [-0.2, -0.15) is 0 Å². The molecule has 0 unspecified atom stereocenters. The van der Waals surface area contributed by atoms with E-state index in [9.17, 15) is 0 Å². The quantitative estimate of drug-likeness (QED) is 0.655. The second-order valence-corrected chi connectivity index (χ2v) is 4.78. The standard InChI is InChI=1S/C10H21NO/c1-10(2,3)12-9-6-4-5-8(11)7-9/h8-9H,4-7,11H2,1-3H3/t8-,9+/m0/s1. The Labute approximate surface area is 75.5 Å². The van der Waals surface area contributed by atoms with Gasteiger partial charge >= 0.3 is 0 Å². The van der Waals surface area contributed by atoms with Crippen molar-refractivity contribution in [3.05, 3.63) is 0 Å². The highest BCUT2D eigenvalue weighted by molar-refractivity contribution is 4.77. The maximum Gasteiger partial charge on any atom is 0.0602 e. The van der Waals surface area contributed by atoms with Crippen LogP contribution in [0.2, 0.25) is 0 Å². The topological polar surface area (TPSA) is 35.2 Å². The van der Waals surface area contributed by atoms with Crippen LogP contribution >= 0.6 is 0 Å². The summed E-state index contributed by atoms with van der Waals surface area (Å²) in [5, 5.41) is 0. The normalized spacial score (nSPS) is 32.0. The summed E-state index contributed by atoms with van der Waals surface area (Å²) in [6, 6.07) is 0.367. The molecule has 0 saturated heterocycles. The van der Waals surface area contributed by atoms with Crippen LogP contribution in [0, 0.1) is 0 Å². The molecule has 1 aliphatic carbocycles. The van der Waals surface area contributed by atoms with E-state index in [1.807, 2.05) is 0 Å². The Morgan fingerprint density at radius 1 is 1.25 bits per heavy atom. The van der Waals surface area contributed by atoms with Gasteiger partial charge in [-0.25, -0.2) is 0 Å². The Balaban J connectivity index is 2.32. The second-order valence-electron chi connectivity index (χ2n) is 4.78. The lowest BCUT2D eigenvalue weighted by Gasteiger charge is -2.32. The fourth-order valence-corrected chi connectivity index (χ4v) is 1.79. The van der Waals surface area contributed by atoms with Crippen LogP contribution in [-0.2, 0) is 4.74 Å². The molecule has 2 heteroatoms. The first-order valence-electron chi connectivity index (χ1n) is 4.91. The molecule has 2 atom stereocenters. The van der Waals surface area contributed by atoms with Gasteiger partial charge in [-0.05, 0) is 46.5 Å². The van der Waals surface area contributed by atoms with Gasteiger partial charge in [0, 0.05) is 6.04 Å². The summed E-state index contributed by atoms with van der Waals surface area (Å²) in [6.07, 6.45) is 5.02. The molecule has 1 saturated carbocycles. The first kappa shape index (κ1) is 10.0. The van der Waals surface area contributed by atoms with Crippen LogP contribution in [0.1, 0.15) is 46.5 Å². The fourth-order valence-electron chi connectivity index (χ4n) is 1.79. The van der Waals surface area contributed by atoms with E-state index in [0.29, 0.717) is 12.1 Å². The van der Waals surface area contributed by atoms with Crippen LogP contribution in [0.3, 0.4) is 0 Å². The lowest BCUT2D eigenvalue weighted by molar-refractivity contribution is -0.0757. The summed E-state index contributed by atoms with van der Waals surface area (Å²) < 4.78 is 5.87. The number of hydrogen-bond acceptors (Lipinski definition) is 2. The van der Waals surface area contributed by atoms with Crippen molar-refractivity contribution < 1.29 is 4.74 Å².